The van der Waals surface area contributed by atoms with Crippen molar-refractivity contribution in [2.45, 2.75) is 59.8 Å². The molecule has 4 nitrogen and oxygen atoms in total. The zero-order chi connectivity index (χ0) is 17.1. The van der Waals surface area contributed by atoms with E-state index >= 15 is 0 Å². The molecule has 0 amide bonds. The van der Waals surface area contributed by atoms with Crippen LogP contribution in [0.3, 0.4) is 0 Å². The molecule has 1 aliphatic carbocycles. The van der Waals surface area contributed by atoms with E-state index < -0.39 is 0 Å². The van der Waals surface area contributed by atoms with Crippen molar-refractivity contribution in [3.63, 3.8) is 0 Å². The molecule has 2 aliphatic heterocycles. The van der Waals surface area contributed by atoms with Gasteiger partial charge in [0.25, 0.3) is 0 Å². The third kappa shape index (κ3) is 6.80. The van der Waals surface area contributed by atoms with Gasteiger partial charge in [-0.25, -0.2) is 0 Å². The van der Waals surface area contributed by atoms with Crippen LogP contribution in [0.15, 0.2) is 0 Å². The summed E-state index contributed by atoms with van der Waals surface area (Å²) in [7, 11) is 0. The summed E-state index contributed by atoms with van der Waals surface area (Å²) in [6.45, 7) is 14.8. The van der Waals surface area contributed by atoms with Gasteiger partial charge in [-0.15, -0.1) is 0 Å². The van der Waals surface area contributed by atoms with Crippen molar-refractivity contribution in [1.29, 1.82) is 0 Å². The number of likely N-dealkylation sites (tertiary alicyclic amines) is 1. The second kappa shape index (κ2) is 11.9. The fourth-order valence-electron chi connectivity index (χ4n) is 3.36. The third-order valence-electron chi connectivity index (χ3n) is 4.77. The summed E-state index contributed by atoms with van der Waals surface area (Å²) < 4.78 is 5.32. The second-order valence-corrected chi connectivity index (χ2v) is 6.79. The van der Waals surface area contributed by atoms with E-state index in [-0.39, 0.29) is 11.9 Å². The molecular weight excluding hydrogens is 288 g/mol. The molecule has 1 N–H and O–H groups in total. The van der Waals surface area contributed by atoms with Gasteiger partial charge in [0.05, 0.1) is 12.5 Å². The van der Waals surface area contributed by atoms with Crippen LogP contribution < -0.4 is 5.32 Å². The van der Waals surface area contributed by atoms with E-state index in [0.717, 1.165) is 37.6 Å². The van der Waals surface area contributed by atoms with Crippen molar-refractivity contribution in [1.82, 2.24) is 10.2 Å². The van der Waals surface area contributed by atoms with Gasteiger partial charge in [-0.1, -0.05) is 40.5 Å². The van der Waals surface area contributed by atoms with Gasteiger partial charge in [0.2, 0.25) is 0 Å². The van der Waals surface area contributed by atoms with Gasteiger partial charge in [-0.3, -0.25) is 4.79 Å². The Bertz CT molecular complexity index is 306. The third-order valence-corrected chi connectivity index (χ3v) is 4.77. The lowest BCUT2D eigenvalue weighted by Gasteiger charge is -2.23. The zero-order valence-electron chi connectivity index (χ0n) is 15.8. The summed E-state index contributed by atoms with van der Waals surface area (Å²) in [5.41, 5.74) is 0. The number of nitrogens with one attached hydrogen (secondary N) is 1. The van der Waals surface area contributed by atoms with Crippen LogP contribution in [-0.2, 0) is 9.53 Å². The van der Waals surface area contributed by atoms with E-state index in [2.05, 4.69) is 24.1 Å². The first kappa shape index (κ1) is 20.4. The first-order valence-electron chi connectivity index (χ1n) is 9.84. The van der Waals surface area contributed by atoms with Crippen molar-refractivity contribution >= 4 is 5.97 Å². The summed E-state index contributed by atoms with van der Waals surface area (Å²) in [6.07, 6.45) is 5.53. The number of hydrogen-bond donors (Lipinski definition) is 1. The molecule has 0 aromatic heterocycles. The normalized spacial score (nSPS) is 26.3. The fourth-order valence-corrected chi connectivity index (χ4v) is 3.36. The van der Waals surface area contributed by atoms with E-state index in [1.807, 2.05) is 13.8 Å². The van der Waals surface area contributed by atoms with Gasteiger partial charge in [0.15, 0.2) is 0 Å². The molecule has 4 heteroatoms. The molecule has 2 atom stereocenters. The van der Waals surface area contributed by atoms with Gasteiger partial charge < -0.3 is 15.0 Å². The number of esters is 1. The van der Waals surface area contributed by atoms with Crippen molar-refractivity contribution < 1.29 is 9.53 Å². The van der Waals surface area contributed by atoms with E-state index in [1.165, 1.54) is 39.0 Å². The average Bonchev–Trinajstić information content (AvgIpc) is 3.06. The molecule has 0 spiro atoms. The van der Waals surface area contributed by atoms with Crippen LogP contribution in [0.4, 0.5) is 0 Å². The zero-order valence-corrected chi connectivity index (χ0v) is 15.8. The van der Waals surface area contributed by atoms with Crippen molar-refractivity contribution in [2.24, 2.45) is 17.8 Å². The van der Waals surface area contributed by atoms with Crippen LogP contribution in [0, 0.1) is 17.8 Å². The largest absolute Gasteiger partial charge is 0.465 e. The van der Waals surface area contributed by atoms with E-state index in [0.29, 0.717) is 6.61 Å². The molecule has 23 heavy (non-hydrogen) atoms. The van der Waals surface area contributed by atoms with Crippen LogP contribution >= 0.6 is 0 Å². The molecular formula is C19H38N2O2. The first-order chi connectivity index (χ1) is 11.2. The van der Waals surface area contributed by atoms with E-state index in [1.54, 1.807) is 0 Å². The van der Waals surface area contributed by atoms with Crippen LogP contribution in [0.2, 0.25) is 0 Å². The Labute approximate surface area is 143 Å². The summed E-state index contributed by atoms with van der Waals surface area (Å²) >= 11 is 0. The van der Waals surface area contributed by atoms with E-state index in [9.17, 15) is 4.79 Å². The lowest BCUT2D eigenvalue weighted by Crippen LogP contribution is -2.28. The van der Waals surface area contributed by atoms with Crippen LogP contribution in [0.25, 0.3) is 0 Å². The van der Waals surface area contributed by atoms with Gasteiger partial charge in [0, 0.05) is 19.6 Å². The molecule has 3 rings (SSSR count). The van der Waals surface area contributed by atoms with Gasteiger partial charge in [-0.2, -0.15) is 0 Å². The van der Waals surface area contributed by atoms with E-state index in [4.69, 9.17) is 4.74 Å². The molecule has 1 saturated carbocycles. The molecule has 0 unspecified atom stereocenters. The van der Waals surface area contributed by atoms with Gasteiger partial charge in [-0.05, 0) is 44.2 Å². The molecule has 0 bridgehead atoms. The smallest absolute Gasteiger partial charge is 0.308 e. The minimum atomic E-state index is 0.0451. The van der Waals surface area contributed by atoms with Crippen LogP contribution in [-0.4, -0.2) is 50.2 Å². The Balaban J connectivity index is 0.000000477. The highest BCUT2D eigenvalue weighted by Gasteiger charge is 2.35. The highest BCUT2D eigenvalue weighted by molar-refractivity contribution is 5.73. The Kier molecular flexibility index (Phi) is 10.5. The van der Waals surface area contributed by atoms with Gasteiger partial charge >= 0.3 is 5.97 Å². The number of ether oxygens (including phenoxy) is 1. The average molecular weight is 327 g/mol. The Hall–Kier alpha value is -0.610. The Morgan fingerprint density at radius 1 is 1.13 bits per heavy atom. The maximum absolute atomic E-state index is 11.5. The Morgan fingerprint density at radius 3 is 2.17 bits per heavy atom. The monoisotopic (exact) mass is 326 g/mol. The standard InChI is InChI=1S/C14H24N2O2.C3H8.C2H6/c17-14(11-3-1-4-11)18-6-2-5-16-9-12-7-15-8-13(12)10-16;1-3-2;1-2/h11-13,15H,1-10H2;3H2,1-2H3;1-2H3/t12-,13+;;. The highest BCUT2D eigenvalue weighted by atomic mass is 16.5. The van der Waals surface area contributed by atoms with Crippen LogP contribution in [0.5, 0.6) is 0 Å². The van der Waals surface area contributed by atoms with Crippen LogP contribution in [0.1, 0.15) is 59.8 Å². The maximum atomic E-state index is 11.5. The second-order valence-electron chi connectivity index (χ2n) is 6.79. The SMILES string of the molecule is CC.CCC.O=C(OCCCN1C[C@H]2CNC[C@H]2C1)C1CCC1. The molecule has 3 aliphatic rings. The number of carbonyl (C=O) groups is 1. The molecule has 0 aromatic rings. The number of rotatable bonds is 5. The lowest BCUT2D eigenvalue weighted by molar-refractivity contribution is -0.151. The number of nitrogens with zero attached hydrogens (tertiary/aromatic N) is 1. The predicted octanol–water partition coefficient (Wildman–Crippen LogP) is 3.31. The quantitative estimate of drug-likeness (QED) is 0.622. The van der Waals surface area contributed by atoms with Crippen molar-refractivity contribution in [3.8, 4) is 0 Å². The maximum Gasteiger partial charge on any atom is 0.308 e. The topological polar surface area (TPSA) is 41.6 Å². The molecule has 2 heterocycles. The highest BCUT2D eigenvalue weighted by Crippen LogP contribution is 2.28. The predicted molar refractivity (Wildman–Crippen MR) is 96.5 cm³/mol. The molecule has 3 fully saturated rings. The molecule has 0 aromatic carbocycles. The van der Waals surface area contributed by atoms with Crippen molar-refractivity contribution in [2.75, 3.05) is 39.3 Å². The molecule has 0 radical (unpaired) electrons. The minimum absolute atomic E-state index is 0.0451. The minimum Gasteiger partial charge on any atom is -0.465 e. The van der Waals surface area contributed by atoms with Gasteiger partial charge in [0.1, 0.15) is 0 Å². The van der Waals surface area contributed by atoms with Crippen molar-refractivity contribution in [3.05, 3.63) is 0 Å². The summed E-state index contributed by atoms with van der Waals surface area (Å²) in [4.78, 5) is 14.1. The number of carbonyl (C=O) groups excluding carboxylic acids is 1. The lowest BCUT2D eigenvalue weighted by atomic mass is 9.86. The number of fused-ring (bicyclic) bond motifs is 1. The molecule has 2 saturated heterocycles. The molecule has 136 valence electrons. The first-order valence-corrected chi connectivity index (χ1v) is 9.84. The summed E-state index contributed by atoms with van der Waals surface area (Å²) in [6, 6.07) is 0. The fraction of sp³-hybridized carbons (Fsp3) is 0.947. The summed E-state index contributed by atoms with van der Waals surface area (Å²) in [5.74, 6) is 2.00. The number of hydrogen-bond acceptors (Lipinski definition) is 4. The summed E-state index contributed by atoms with van der Waals surface area (Å²) in [5, 5.41) is 3.46. The Morgan fingerprint density at radius 2 is 1.70 bits per heavy atom.